The Labute approximate surface area is 140 Å². The highest BCUT2D eigenvalue weighted by atomic mass is 16.5. The molecule has 1 saturated heterocycles. The minimum atomic E-state index is -0.387. The predicted molar refractivity (Wildman–Crippen MR) is 89.2 cm³/mol. The van der Waals surface area contributed by atoms with E-state index in [9.17, 15) is 4.79 Å². The molecule has 0 amide bonds. The summed E-state index contributed by atoms with van der Waals surface area (Å²) < 4.78 is 5.09. The third-order valence-electron chi connectivity index (χ3n) is 3.88. The van der Waals surface area contributed by atoms with Gasteiger partial charge in [0.2, 0.25) is 0 Å². The number of hydrogen-bond acceptors (Lipinski definition) is 8. The normalized spacial score (nSPS) is 14.6. The van der Waals surface area contributed by atoms with E-state index >= 15 is 0 Å². The molecule has 1 aliphatic rings. The van der Waals surface area contributed by atoms with Gasteiger partial charge in [-0.15, -0.1) is 0 Å². The Morgan fingerprint density at radius 2 is 1.88 bits per heavy atom. The summed E-state index contributed by atoms with van der Waals surface area (Å²) in [6.07, 6.45) is 4.55. The van der Waals surface area contributed by atoms with Crippen molar-refractivity contribution in [1.29, 1.82) is 0 Å². The van der Waals surface area contributed by atoms with E-state index in [1.54, 1.807) is 13.3 Å². The number of hydrogen-bond donors (Lipinski definition) is 0. The average molecular weight is 328 g/mol. The van der Waals surface area contributed by atoms with Crippen molar-refractivity contribution in [2.24, 2.45) is 0 Å². The second-order valence-corrected chi connectivity index (χ2v) is 5.47. The number of esters is 1. The fourth-order valence-electron chi connectivity index (χ4n) is 2.69. The quantitative estimate of drug-likeness (QED) is 0.771. The third-order valence-corrected chi connectivity index (χ3v) is 3.88. The van der Waals surface area contributed by atoms with E-state index in [0.29, 0.717) is 18.0 Å². The van der Waals surface area contributed by atoms with Crippen LogP contribution in [0, 0.1) is 6.92 Å². The standard InChI is InChI=1S/C16H20N6O2/c1-3-24-16(23)13-9-17-10-20-15(13)22-6-4-21(5-7-22)14-8-12(2)18-11-19-14/h8-11H,3-7H2,1-2H3. The molecule has 1 aliphatic heterocycles. The van der Waals surface area contributed by atoms with Crippen LogP contribution < -0.4 is 9.80 Å². The first-order chi connectivity index (χ1) is 11.7. The maximum absolute atomic E-state index is 12.1. The SMILES string of the molecule is CCOC(=O)c1cncnc1N1CCN(c2cc(C)ncn2)CC1. The Hall–Kier alpha value is -2.77. The lowest BCUT2D eigenvalue weighted by Crippen LogP contribution is -2.47. The Morgan fingerprint density at radius 3 is 2.58 bits per heavy atom. The van der Waals surface area contributed by atoms with Crippen molar-refractivity contribution < 1.29 is 9.53 Å². The Morgan fingerprint density at radius 1 is 1.12 bits per heavy atom. The van der Waals surface area contributed by atoms with Crippen LogP contribution in [0.3, 0.4) is 0 Å². The first-order valence-corrected chi connectivity index (χ1v) is 7.94. The maximum atomic E-state index is 12.1. The molecule has 0 radical (unpaired) electrons. The molecule has 2 aromatic rings. The van der Waals surface area contributed by atoms with Gasteiger partial charge < -0.3 is 14.5 Å². The summed E-state index contributed by atoms with van der Waals surface area (Å²) in [4.78, 5) is 33.1. The zero-order chi connectivity index (χ0) is 16.9. The second kappa shape index (κ2) is 7.20. The van der Waals surface area contributed by atoms with Gasteiger partial charge in [-0.2, -0.15) is 0 Å². The molecule has 0 aromatic carbocycles. The number of rotatable bonds is 4. The van der Waals surface area contributed by atoms with Crippen LogP contribution in [-0.2, 0) is 4.74 Å². The molecular weight excluding hydrogens is 308 g/mol. The number of nitrogens with zero attached hydrogens (tertiary/aromatic N) is 6. The number of aromatic nitrogens is 4. The van der Waals surface area contributed by atoms with Crippen LogP contribution in [0.5, 0.6) is 0 Å². The Kier molecular flexibility index (Phi) is 4.83. The van der Waals surface area contributed by atoms with Gasteiger partial charge in [0, 0.05) is 44.1 Å². The number of ether oxygens (including phenoxy) is 1. The molecule has 0 N–H and O–H groups in total. The van der Waals surface area contributed by atoms with Gasteiger partial charge in [-0.05, 0) is 13.8 Å². The lowest BCUT2D eigenvalue weighted by atomic mass is 10.2. The molecule has 3 heterocycles. The largest absolute Gasteiger partial charge is 0.462 e. The highest BCUT2D eigenvalue weighted by Gasteiger charge is 2.24. The predicted octanol–water partition coefficient (Wildman–Crippen LogP) is 1.08. The van der Waals surface area contributed by atoms with Crippen molar-refractivity contribution in [3.05, 3.63) is 36.2 Å². The van der Waals surface area contributed by atoms with Gasteiger partial charge in [0.15, 0.2) is 0 Å². The molecule has 24 heavy (non-hydrogen) atoms. The Balaban J connectivity index is 1.72. The van der Waals surface area contributed by atoms with E-state index in [1.807, 2.05) is 13.0 Å². The second-order valence-electron chi connectivity index (χ2n) is 5.47. The first-order valence-electron chi connectivity index (χ1n) is 7.94. The molecule has 0 spiro atoms. The van der Waals surface area contributed by atoms with Crippen molar-refractivity contribution in [2.45, 2.75) is 13.8 Å². The number of piperazine rings is 1. The summed E-state index contributed by atoms with van der Waals surface area (Å²) in [5.74, 6) is 1.17. The van der Waals surface area contributed by atoms with Crippen LogP contribution in [0.1, 0.15) is 23.0 Å². The topological polar surface area (TPSA) is 84.3 Å². The zero-order valence-corrected chi connectivity index (χ0v) is 13.8. The molecule has 0 bridgehead atoms. The van der Waals surface area contributed by atoms with Crippen LogP contribution in [0.15, 0.2) is 24.9 Å². The lowest BCUT2D eigenvalue weighted by Gasteiger charge is -2.36. The molecule has 2 aromatic heterocycles. The fourth-order valence-corrected chi connectivity index (χ4v) is 2.69. The fraction of sp³-hybridized carbons (Fsp3) is 0.438. The maximum Gasteiger partial charge on any atom is 0.343 e. The van der Waals surface area contributed by atoms with Gasteiger partial charge in [0.05, 0.1) is 6.61 Å². The van der Waals surface area contributed by atoms with Crippen molar-refractivity contribution in [2.75, 3.05) is 42.6 Å². The van der Waals surface area contributed by atoms with Crippen LogP contribution in [0.4, 0.5) is 11.6 Å². The van der Waals surface area contributed by atoms with Crippen LogP contribution >= 0.6 is 0 Å². The number of carbonyl (C=O) groups is 1. The van der Waals surface area contributed by atoms with Crippen LogP contribution in [-0.4, -0.2) is 58.7 Å². The minimum Gasteiger partial charge on any atom is -0.462 e. The van der Waals surface area contributed by atoms with E-state index in [-0.39, 0.29) is 5.97 Å². The summed E-state index contributed by atoms with van der Waals surface area (Å²) >= 11 is 0. The summed E-state index contributed by atoms with van der Waals surface area (Å²) in [6, 6.07) is 1.98. The van der Waals surface area contributed by atoms with E-state index in [2.05, 4.69) is 29.7 Å². The average Bonchev–Trinajstić information content (AvgIpc) is 2.62. The number of carbonyl (C=O) groups excluding carboxylic acids is 1. The van der Waals surface area contributed by atoms with Gasteiger partial charge in [0.1, 0.15) is 29.9 Å². The summed E-state index contributed by atoms with van der Waals surface area (Å²) in [5, 5.41) is 0. The van der Waals surface area contributed by atoms with Crippen molar-refractivity contribution in [3.8, 4) is 0 Å². The molecule has 0 atom stereocenters. The van der Waals surface area contributed by atoms with Gasteiger partial charge in [-0.3, -0.25) is 0 Å². The van der Waals surface area contributed by atoms with Gasteiger partial charge in [0.25, 0.3) is 0 Å². The summed E-state index contributed by atoms with van der Waals surface area (Å²) in [6.45, 7) is 7.14. The highest BCUT2D eigenvalue weighted by molar-refractivity contribution is 5.94. The van der Waals surface area contributed by atoms with Crippen LogP contribution in [0.25, 0.3) is 0 Å². The molecule has 8 heteroatoms. The molecule has 0 unspecified atom stereocenters. The van der Waals surface area contributed by atoms with E-state index < -0.39 is 0 Å². The molecule has 8 nitrogen and oxygen atoms in total. The van der Waals surface area contributed by atoms with E-state index in [4.69, 9.17) is 4.74 Å². The number of aryl methyl sites for hydroxylation is 1. The summed E-state index contributed by atoms with van der Waals surface area (Å²) in [7, 11) is 0. The van der Waals surface area contributed by atoms with Gasteiger partial charge >= 0.3 is 5.97 Å². The molecule has 126 valence electrons. The first kappa shape index (κ1) is 16.1. The van der Waals surface area contributed by atoms with Gasteiger partial charge in [-0.1, -0.05) is 0 Å². The lowest BCUT2D eigenvalue weighted by molar-refractivity contribution is 0.0526. The Bertz CT molecular complexity index is 715. The van der Waals surface area contributed by atoms with Gasteiger partial charge in [-0.25, -0.2) is 24.7 Å². The van der Waals surface area contributed by atoms with Crippen molar-refractivity contribution in [1.82, 2.24) is 19.9 Å². The minimum absolute atomic E-state index is 0.327. The smallest absolute Gasteiger partial charge is 0.343 e. The highest BCUT2D eigenvalue weighted by Crippen LogP contribution is 2.21. The van der Waals surface area contributed by atoms with E-state index in [1.165, 1.54) is 12.5 Å². The molecule has 0 saturated carbocycles. The molecule has 1 fully saturated rings. The third kappa shape index (κ3) is 3.42. The van der Waals surface area contributed by atoms with E-state index in [0.717, 1.165) is 37.7 Å². The monoisotopic (exact) mass is 328 g/mol. The molecular formula is C16H20N6O2. The van der Waals surface area contributed by atoms with Crippen molar-refractivity contribution >= 4 is 17.6 Å². The molecule has 3 rings (SSSR count). The zero-order valence-electron chi connectivity index (χ0n) is 13.8. The van der Waals surface area contributed by atoms with Crippen LogP contribution in [0.2, 0.25) is 0 Å². The van der Waals surface area contributed by atoms with Crippen molar-refractivity contribution in [3.63, 3.8) is 0 Å². The molecule has 0 aliphatic carbocycles. The summed E-state index contributed by atoms with van der Waals surface area (Å²) in [5.41, 5.74) is 1.36. The number of anilines is 2.